The number of para-hydroxylation sites is 1. The molecule has 1 fully saturated rings. The minimum atomic E-state index is -0.181. The predicted molar refractivity (Wildman–Crippen MR) is 94.7 cm³/mol. The molecule has 2 aliphatic rings. The van der Waals surface area contributed by atoms with E-state index in [2.05, 4.69) is 39.3 Å². The van der Waals surface area contributed by atoms with E-state index < -0.39 is 0 Å². The summed E-state index contributed by atoms with van der Waals surface area (Å²) in [7, 11) is 0. The van der Waals surface area contributed by atoms with Crippen LogP contribution in [0, 0.1) is 5.92 Å². The van der Waals surface area contributed by atoms with Crippen molar-refractivity contribution >= 4 is 45.9 Å². The smallest absolute Gasteiger partial charge is 0.319 e. The number of hydrogen-bond donors (Lipinski definition) is 2. The zero-order valence-electron chi connectivity index (χ0n) is 11.4. The van der Waals surface area contributed by atoms with Gasteiger partial charge in [0.1, 0.15) is 0 Å². The first-order chi connectivity index (χ1) is 10.1. The number of hydrogen-bond acceptors (Lipinski definition) is 1. The standard InChI is InChI=1S/C16H16ClIN2O/c17-13-9-15(12(8-14(13)18)10-6-7-10)20-16(21)19-11-4-2-1-3-5-11/h1-5,8,10,15H,6-7,9H2,(H2,19,20,21). The van der Waals surface area contributed by atoms with Crippen LogP contribution in [0.4, 0.5) is 10.5 Å². The molecule has 21 heavy (non-hydrogen) atoms. The van der Waals surface area contributed by atoms with Crippen LogP contribution in [0.25, 0.3) is 0 Å². The Bertz CT molecular complexity index is 608. The van der Waals surface area contributed by atoms with Crippen molar-refractivity contribution in [1.29, 1.82) is 0 Å². The number of halogens is 2. The molecule has 5 heteroatoms. The SMILES string of the molecule is O=C(Nc1ccccc1)NC1CC(Cl)=C(I)C=C1C1CC1. The Balaban J connectivity index is 1.67. The summed E-state index contributed by atoms with van der Waals surface area (Å²) in [4.78, 5) is 12.1. The van der Waals surface area contributed by atoms with Crippen LogP contribution in [0.1, 0.15) is 19.3 Å². The number of carbonyl (C=O) groups excluding carboxylic acids is 1. The van der Waals surface area contributed by atoms with E-state index in [4.69, 9.17) is 11.6 Å². The first-order valence-electron chi connectivity index (χ1n) is 7.01. The Morgan fingerprint density at radius 2 is 1.95 bits per heavy atom. The van der Waals surface area contributed by atoms with Crippen LogP contribution in [0.2, 0.25) is 0 Å². The van der Waals surface area contributed by atoms with Gasteiger partial charge in [0, 0.05) is 20.7 Å². The third-order valence-corrected chi connectivity index (χ3v) is 5.36. The van der Waals surface area contributed by atoms with Gasteiger partial charge in [-0.05, 0) is 65.1 Å². The summed E-state index contributed by atoms with van der Waals surface area (Å²) in [5.74, 6) is 0.613. The van der Waals surface area contributed by atoms with Crippen LogP contribution < -0.4 is 10.6 Å². The molecule has 1 aromatic rings. The summed E-state index contributed by atoms with van der Waals surface area (Å²) in [5.41, 5.74) is 2.10. The Kier molecular flexibility index (Phi) is 4.54. The number of carbonyl (C=O) groups is 1. The highest BCUT2D eigenvalue weighted by molar-refractivity contribution is 14.1. The van der Waals surface area contributed by atoms with Crippen molar-refractivity contribution in [2.24, 2.45) is 5.92 Å². The van der Waals surface area contributed by atoms with Gasteiger partial charge >= 0.3 is 6.03 Å². The number of amides is 2. The summed E-state index contributed by atoms with van der Waals surface area (Å²) in [5, 5.41) is 6.73. The van der Waals surface area contributed by atoms with Crippen molar-refractivity contribution in [2.75, 3.05) is 5.32 Å². The zero-order chi connectivity index (χ0) is 14.8. The van der Waals surface area contributed by atoms with Crippen LogP contribution in [-0.4, -0.2) is 12.1 Å². The number of benzene rings is 1. The number of nitrogens with one attached hydrogen (secondary N) is 2. The van der Waals surface area contributed by atoms with Crippen molar-refractivity contribution in [1.82, 2.24) is 5.32 Å². The lowest BCUT2D eigenvalue weighted by atomic mass is 9.95. The minimum Gasteiger partial charge on any atom is -0.331 e. The Morgan fingerprint density at radius 1 is 1.24 bits per heavy atom. The molecular weight excluding hydrogens is 399 g/mol. The largest absolute Gasteiger partial charge is 0.331 e. The van der Waals surface area contributed by atoms with Crippen LogP contribution >= 0.6 is 34.2 Å². The summed E-state index contributed by atoms with van der Waals surface area (Å²) in [6.07, 6.45) is 5.25. The molecule has 2 amide bonds. The second-order valence-corrected chi connectivity index (χ2v) is 7.01. The van der Waals surface area contributed by atoms with Crippen molar-refractivity contribution < 1.29 is 4.79 Å². The number of allylic oxidation sites excluding steroid dienone is 2. The van der Waals surface area contributed by atoms with E-state index in [0.29, 0.717) is 12.3 Å². The van der Waals surface area contributed by atoms with Gasteiger partial charge in [0.25, 0.3) is 0 Å². The lowest BCUT2D eigenvalue weighted by molar-refractivity contribution is 0.249. The van der Waals surface area contributed by atoms with E-state index in [1.165, 1.54) is 18.4 Å². The minimum absolute atomic E-state index is 0.00669. The molecule has 0 aromatic heterocycles. The van der Waals surface area contributed by atoms with Crippen LogP contribution in [-0.2, 0) is 0 Å². The summed E-state index contributed by atoms with van der Waals surface area (Å²) in [6, 6.07) is 9.28. The van der Waals surface area contributed by atoms with Crippen molar-refractivity contribution in [3.05, 3.63) is 50.6 Å². The Morgan fingerprint density at radius 3 is 2.62 bits per heavy atom. The van der Waals surface area contributed by atoms with Crippen LogP contribution in [0.15, 0.2) is 50.6 Å². The summed E-state index contributed by atoms with van der Waals surface area (Å²) in [6.45, 7) is 0. The van der Waals surface area contributed by atoms with Gasteiger partial charge < -0.3 is 10.6 Å². The Hall–Kier alpha value is -1.01. The molecule has 1 saturated carbocycles. The highest BCUT2D eigenvalue weighted by atomic mass is 127. The quantitative estimate of drug-likeness (QED) is 0.685. The molecule has 0 bridgehead atoms. The van der Waals surface area contributed by atoms with Gasteiger partial charge in [0.05, 0.1) is 6.04 Å². The van der Waals surface area contributed by atoms with Crippen LogP contribution in [0.5, 0.6) is 0 Å². The fourth-order valence-corrected chi connectivity index (χ4v) is 3.31. The topological polar surface area (TPSA) is 41.1 Å². The van der Waals surface area contributed by atoms with E-state index in [1.54, 1.807) is 0 Å². The van der Waals surface area contributed by atoms with Gasteiger partial charge in [-0.1, -0.05) is 29.8 Å². The molecule has 3 nitrogen and oxygen atoms in total. The number of anilines is 1. The van der Waals surface area contributed by atoms with Crippen molar-refractivity contribution in [3.8, 4) is 0 Å². The maximum absolute atomic E-state index is 12.1. The fraction of sp³-hybridized carbons (Fsp3) is 0.312. The normalized spacial score (nSPS) is 21.8. The maximum atomic E-state index is 12.1. The summed E-state index contributed by atoms with van der Waals surface area (Å²) < 4.78 is 1.10. The molecule has 0 heterocycles. The van der Waals surface area contributed by atoms with E-state index in [1.807, 2.05) is 30.3 Å². The summed E-state index contributed by atoms with van der Waals surface area (Å²) >= 11 is 8.52. The third-order valence-electron chi connectivity index (χ3n) is 3.72. The predicted octanol–water partition coefficient (Wildman–Crippen LogP) is 4.80. The fourth-order valence-electron chi connectivity index (χ4n) is 2.52. The maximum Gasteiger partial charge on any atom is 0.319 e. The zero-order valence-corrected chi connectivity index (χ0v) is 14.3. The van der Waals surface area contributed by atoms with Crippen LogP contribution in [0.3, 0.4) is 0 Å². The molecule has 2 N–H and O–H groups in total. The average molecular weight is 415 g/mol. The third kappa shape index (κ3) is 3.80. The van der Waals surface area contributed by atoms with Crippen molar-refractivity contribution in [2.45, 2.75) is 25.3 Å². The molecule has 0 saturated heterocycles. The van der Waals surface area contributed by atoms with E-state index in [-0.39, 0.29) is 12.1 Å². The molecule has 1 unspecified atom stereocenters. The highest BCUT2D eigenvalue weighted by Gasteiger charge is 2.34. The van der Waals surface area contributed by atoms with E-state index in [9.17, 15) is 4.79 Å². The first-order valence-corrected chi connectivity index (χ1v) is 8.47. The van der Waals surface area contributed by atoms with Gasteiger partial charge in [-0.25, -0.2) is 4.79 Å². The monoisotopic (exact) mass is 414 g/mol. The highest BCUT2D eigenvalue weighted by Crippen LogP contribution is 2.43. The van der Waals surface area contributed by atoms with E-state index in [0.717, 1.165) is 14.3 Å². The molecule has 0 aliphatic heterocycles. The molecule has 3 rings (SSSR count). The average Bonchev–Trinajstić information content (AvgIpc) is 3.28. The van der Waals surface area contributed by atoms with Crippen molar-refractivity contribution in [3.63, 3.8) is 0 Å². The van der Waals surface area contributed by atoms with Gasteiger partial charge in [-0.3, -0.25) is 0 Å². The molecule has 1 atom stereocenters. The molecule has 0 radical (unpaired) electrons. The molecule has 0 spiro atoms. The first kappa shape index (κ1) is 14.9. The Labute approximate surface area is 143 Å². The molecule has 2 aliphatic carbocycles. The van der Waals surface area contributed by atoms with Gasteiger partial charge in [-0.15, -0.1) is 0 Å². The lowest BCUT2D eigenvalue weighted by Gasteiger charge is -2.26. The number of urea groups is 1. The van der Waals surface area contributed by atoms with Gasteiger partial charge in [-0.2, -0.15) is 0 Å². The molecular formula is C16H16ClIN2O. The number of rotatable bonds is 3. The second-order valence-electron chi connectivity index (χ2n) is 5.39. The lowest BCUT2D eigenvalue weighted by Crippen LogP contribution is -2.40. The molecule has 110 valence electrons. The molecule has 1 aromatic carbocycles. The second kappa shape index (κ2) is 6.40. The van der Waals surface area contributed by atoms with Gasteiger partial charge in [0.15, 0.2) is 0 Å². The van der Waals surface area contributed by atoms with E-state index >= 15 is 0 Å². The van der Waals surface area contributed by atoms with Gasteiger partial charge in [0.2, 0.25) is 0 Å².